The van der Waals surface area contributed by atoms with Crippen molar-refractivity contribution < 1.29 is 0 Å². The van der Waals surface area contributed by atoms with Gasteiger partial charge >= 0.3 is 0 Å². The van der Waals surface area contributed by atoms with Gasteiger partial charge in [0.2, 0.25) is 0 Å². The van der Waals surface area contributed by atoms with Crippen LogP contribution in [-0.4, -0.2) is 0 Å². The summed E-state index contributed by atoms with van der Waals surface area (Å²) >= 11 is 0. The molecule has 0 saturated heterocycles. The van der Waals surface area contributed by atoms with Crippen LogP contribution in [0.3, 0.4) is 0 Å². The van der Waals surface area contributed by atoms with Crippen molar-refractivity contribution in [2.45, 2.75) is 65.3 Å². The highest BCUT2D eigenvalue weighted by atomic mass is 15.2. The normalized spacial score (nSPS) is 19.4. The van der Waals surface area contributed by atoms with E-state index < -0.39 is 0 Å². The van der Waals surface area contributed by atoms with Gasteiger partial charge < -0.3 is 0 Å². The maximum Gasteiger partial charge on any atom is 0.0516 e. The van der Waals surface area contributed by atoms with E-state index in [1.54, 1.807) is 0 Å². The standard InChI is InChI=1S/C18H30N2/c1-4-15-8-7-9-16(12-15)17(20-19)18(13-14(2)3)10-5-6-11-18/h7-9,12,14,17,20H,4-6,10-11,13,19H2,1-3H3. The van der Waals surface area contributed by atoms with Gasteiger partial charge in [-0.1, -0.05) is 57.9 Å². The first-order valence-corrected chi connectivity index (χ1v) is 8.16. The fourth-order valence-electron chi connectivity index (χ4n) is 4.12. The molecule has 1 aliphatic rings. The quantitative estimate of drug-likeness (QED) is 0.597. The number of nitrogens with one attached hydrogen (secondary N) is 1. The van der Waals surface area contributed by atoms with E-state index in [1.807, 2.05) is 0 Å². The first-order chi connectivity index (χ1) is 9.61. The van der Waals surface area contributed by atoms with E-state index >= 15 is 0 Å². The molecule has 0 spiro atoms. The van der Waals surface area contributed by atoms with Crippen molar-refractivity contribution in [3.05, 3.63) is 35.4 Å². The van der Waals surface area contributed by atoms with E-state index in [-0.39, 0.29) is 0 Å². The molecule has 0 radical (unpaired) electrons. The molecule has 1 fully saturated rings. The Balaban J connectivity index is 2.32. The zero-order valence-corrected chi connectivity index (χ0v) is 13.3. The summed E-state index contributed by atoms with van der Waals surface area (Å²) in [5.74, 6) is 6.71. The van der Waals surface area contributed by atoms with Gasteiger partial charge in [0.1, 0.15) is 0 Å². The van der Waals surface area contributed by atoms with Crippen LogP contribution in [0.15, 0.2) is 24.3 Å². The Morgan fingerprint density at radius 3 is 2.50 bits per heavy atom. The lowest BCUT2D eigenvalue weighted by Gasteiger charge is -2.39. The third-order valence-corrected chi connectivity index (χ3v) is 4.89. The number of hydrogen-bond donors (Lipinski definition) is 2. The maximum atomic E-state index is 5.99. The Hall–Kier alpha value is -0.860. The van der Waals surface area contributed by atoms with Crippen LogP contribution in [0.25, 0.3) is 0 Å². The molecular weight excluding hydrogens is 244 g/mol. The Morgan fingerprint density at radius 2 is 1.95 bits per heavy atom. The number of aryl methyl sites for hydroxylation is 1. The monoisotopic (exact) mass is 274 g/mol. The van der Waals surface area contributed by atoms with Gasteiger partial charge in [0.15, 0.2) is 0 Å². The highest BCUT2D eigenvalue weighted by Crippen LogP contribution is 2.51. The van der Waals surface area contributed by atoms with E-state index in [1.165, 1.54) is 43.2 Å². The zero-order valence-electron chi connectivity index (χ0n) is 13.3. The number of hydrogen-bond acceptors (Lipinski definition) is 2. The SMILES string of the molecule is CCc1cccc(C(NN)C2(CC(C)C)CCCC2)c1. The van der Waals surface area contributed by atoms with E-state index in [0.29, 0.717) is 11.5 Å². The van der Waals surface area contributed by atoms with Gasteiger partial charge in [-0.15, -0.1) is 0 Å². The molecule has 2 nitrogen and oxygen atoms in total. The maximum absolute atomic E-state index is 5.99. The average Bonchev–Trinajstić information content (AvgIpc) is 2.88. The van der Waals surface area contributed by atoms with Gasteiger partial charge in [-0.3, -0.25) is 11.3 Å². The van der Waals surface area contributed by atoms with E-state index in [4.69, 9.17) is 5.84 Å². The van der Waals surface area contributed by atoms with Crippen molar-refractivity contribution in [1.82, 2.24) is 5.43 Å². The highest BCUT2D eigenvalue weighted by Gasteiger charge is 2.41. The second kappa shape index (κ2) is 6.73. The summed E-state index contributed by atoms with van der Waals surface area (Å²) in [5, 5.41) is 0. The van der Waals surface area contributed by atoms with Crippen LogP contribution in [-0.2, 0) is 6.42 Å². The highest BCUT2D eigenvalue weighted by molar-refractivity contribution is 5.28. The van der Waals surface area contributed by atoms with Crippen LogP contribution in [0, 0.1) is 11.3 Å². The molecule has 1 unspecified atom stereocenters. The number of benzene rings is 1. The van der Waals surface area contributed by atoms with Gasteiger partial charge in [0.05, 0.1) is 6.04 Å². The summed E-state index contributed by atoms with van der Waals surface area (Å²) in [4.78, 5) is 0. The van der Waals surface area contributed by atoms with Crippen molar-refractivity contribution in [1.29, 1.82) is 0 Å². The van der Waals surface area contributed by atoms with Gasteiger partial charge in [0, 0.05) is 0 Å². The minimum absolute atomic E-state index is 0.291. The largest absolute Gasteiger partial charge is 0.271 e. The molecule has 1 aromatic carbocycles. The Labute approximate surface area is 124 Å². The summed E-state index contributed by atoms with van der Waals surface area (Å²) in [5.41, 5.74) is 6.27. The van der Waals surface area contributed by atoms with E-state index in [0.717, 1.165) is 12.3 Å². The minimum Gasteiger partial charge on any atom is -0.271 e. The first kappa shape index (κ1) is 15.5. The molecule has 112 valence electrons. The van der Waals surface area contributed by atoms with Crippen LogP contribution in [0.5, 0.6) is 0 Å². The van der Waals surface area contributed by atoms with Gasteiger partial charge in [0.25, 0.3) is 0 Å². The number of rotatable bonds is 6. The molecule has 1 saturated carbocycles. The molecule has 0 aliphatic heterocycles. The Morgan fingerprint density at radius 1 is 1.25 bits per heavy atom. The molecule has 1 aromatic rings. The van der Waals surface area contributed by atoms with Crippen molar-refractivity contribution in [2.75, 3.05) is 0 Å². The van der Waals surface area contributed by atoms with Crippen LogP contribution in [0.2, 0.25) is 0 Å². The van der Waals surface area contributed by atoms with Gasteiger partial charge in [-0.25, -0.2) is 0 Å². The van der Waals surface area contributed by atoms with Crippen LogP contribution in [0.1, 0.15) is 70.0 Å². The van der Waals surface area contributed by atoms with Gasteiger partial charge in [-0.05, 0) is 48.1 Å². The third-order valence-electron chi connectivity index (χ3n) is 4.89. The third kappa shape index (κ3) is 3.24. The lowest BCUT2D eigenvalue weighted by Crippen LogP contribution is -2.41. The predicted octanol–water partition coefficient (Wildman–Crippen LogP) is 4.36. The van der Waals surface area contributed by atoms with Crippen LogP contribution >= 0.6 is 0 Å². The molecule has 3 N–H and O–H groups in total. The fourth-order valence-corrected chi connectivity index (χ4v) is 4.12. The van der Waals surface area contributed by atoms with Crippen molar-refractivity contribution >= 4 is 0 Å². The zero-order chi connectivity index (χ0) is 14.6. The second-order valence-electron chi connectivity index (χ2n) is 6.87. The van der Waals surface area contributed by atoms with Gasteiger partial charge in [-0.2, -0.15) is 0 Å². The summed E-state index contributed by atoms with van der Waals surface area (Å²) in [7, 11) is 0. The summed E-state index contributed by atoms with van der Waals surface area (Å²) in [6, 6.07) is 9.26. The number of hydrazine groups is 1. The van der Waals surface area contributed by atoms with Crippen molar-refractivity contribution in [3.63, 3.8) is 0 Å². The molecule has 0 heterocycles. The Kier molecular flexibility index (Phi) is 5.22. The molecule has 20 heavy (non-hydrogen) atoms. The molecule has 1 aliphatic carbocycles. The van der Waals surface area contributed by atoms with Crippen molar-refractivity contribution in [2.24, 2.45) is 17.2 Å². The molecule has 2 heteroatoms. The molecule has 0 aromatic heterocycles. The topological polar surface area (TPSA) is 38.0 Å². The number of nitrogens with two attached hydrogens (primary N) is 1. The molecule has 0 amide bonds. The summed E-state index contributed by atoms with van der Waals surface area (Å²) in [6.45, 7) is 6.87. The molecule has 2 rings (SSSR count). The molecule has 0 bridgehead atoms. The van der Waals surface area contributed by atoms with Crippen LogP contribution in [0.4, 0.5) is 0 Å². The lowest BCUT2D eigenvalue weighted by atomic mass is 9.70. The lowest BCUT2D eigenvalue weighted by molar-refractivity contribution is 0.156. The first-order valence-electron chi connectivity index (χ1n) is 8.16. The minimum atomic E-state index is 0.291. The predicted molar refractivity (Wildman–Crippen MR) is 86.2 cm³/mol. The van der Waals surface area contributed by atoms with Crippen LogP contribution < -0.4 is 11.3 Å². The van der Waals surface area contributed by atoms with E-state index in [9.17, 15) is 0 Å². The smallest absolute Gasteiger partial charge is 0.0516 e. The average molecular weight is 274 g/mol. The Bertz CT molecular complexity index is 419. The van der Waals surface area contributed by atoms with Crippen molar-refractivity contribution in [3.8, 4) is 0 Å². The fraction of sp³-hybridized carbons (Fsp3) is 0.667. The molecule has 1 atom stereocenters. The van der Waals surface area contributed by atoms with E-state index in [2.05, 4.69) is 50.5 Å². The summed E-state index contributed by atoms with van der Waals surface area (Å²) in [6.07, 6.45) is 7.64. The second-order valence-corrected chi connectivity index (χ2v) is 6.87. The summed E-state index contributed by atoms with van der Waals surface area (Å²) < 4.78 is 0. The molecular formula is C18H30N2.